The molecule has 0 aliphatic carbocycles. The SMILES string of the molecule is COc1ccc(C[C@H]2NC(=O)/C=C/C[C@@H]([C@H](C)[C@H]3O[C@@H]3c3ccc(CNC(=O)OCc4ccc(NC(=O)[C@H](C)NC(=O)[C@@H](NC(=O)CCN(CCC(=O)O)C(=O)CCC(=O)NCCOCCOCCOCCOCCC(=O)NCCS(=O)(=O)O)C(C)C)cc4)cc3)OC(=O)[C@H](CC(C)C)OC(=O)C(C)(C)CNC2=O)cc1Cl. The highest BCUT2D eigenvalue weighted by atomic mass is 35.5. The second kappa shape index (κ2) is 47.9. The van der Waals surface area contributed by atoms with Gasteiger partial charge in [-0.05, 0) is 91.6 Å². The van der Waals surface area contributed by atoms with Crippen molar-refractivity contribution in [1.82, 2.24) is 42.1 Å². The maximum Gasteiger partial charge on any atom is 0.407 e. The average Bonchev–Trinajstić information content (AvgIpc) is 1.64. The van der Waals surface area contributed by atoms with Crippen molar-refractivity contribution in [2.45, 2.75) is 162 Å². The molecule has 34 nitrogen and oxygen atoms in total. The Balaban J connectivity index is 0.999. The maximum atomic E-state index is 14.0. The second-order valence-corrected chi connectivity index (χ2v) is 30.2. The van der Waals surface area contributed by atoms with Crippen LogP contribution in [0.2, 0.25) is 5.02 Å². The van der Waals surface area contributed by atoms with E-state index < -0.39 is 153 Å². The van der Waals surface area contributed by atoms with Gasteiger partial charge in [-0.1, -0.05) is 94.8 Å². The van der Waals surface area contributed by atoms with E-state index in [4.69, 9.17) is 58.8 Å². The Labute approximate surface area is 657 Å². The zero-order valence-corrected chi connectivity index (χ0v) is 66.3. The van der Waals surface area contributed by atoms with Crippen LogP contribution in [0.4, 0.5) is 10.5 Å². The Morgan fingerprint density at radius 1 is 0.705 bits per heavy atom. The molecule has 0 unspecified atom stereocenters. The summed E-state index contributed by atoms with van der Waals surface area (Å²) in [6.45, 7) is 14.6. The van der Waals surface area contributed by atoms with Gasteiger partial charge in [-0.25, -0.2) is 9.59 Å². The summed E-state index contributed by atoms with van der Waals surface area (Å²) in [5, 5.41) is 30.9. The number of ether oxygens (including phenoxy) is 9. The van der Waals surface area contributed by atoms with Crippen LogP contribution in [0.1, 0.15) is 129 Å². The summed E-state index contributed by atoms with van der Waals surface area (Å²) in [6.07, 6.45) is -1.80. The zero-order chi connectivity index (χ0) is 82.5. The van der Waals surface area contributed by atoms with Gasteiger partial charge in [0.25, 0.3) is 10.1 Å². The van der Waals surface area contributed by atoms with Gasteiger partial charge in [-0.15, -0.1) is 0 Å². The number of anilines is 1. The van der Waals surface area contributed by atoms with Crippen molar-refractivity contribution in [3.05, 3.63) is 106 Å². The third-order valence-corrected chi connectivity index (χ3v) is 18.6. The number of methoxy groups -OCH3 is 1. The number of esters is 2. The minimum atomic E-state index is -4.16. The Hall–Kier alpha value is -9.36. The molecule has 1 fully saturated rings. The normalized spacial score (nSPS) is 18.4. The van der Waals surface area contributed by atoms with Crippen LogP contribution in [-0.4, -0.2) is 229 Å². The summed E-state index contributed by atoms with van der Waals surface area (Å²) in [7, 11) is -2.68. The molecular weight excluding hydrogens is 1510 g/mol. The van der Waals surface area contributed by atoms with E-state index in [-0.39, 0.29) is 150 Å². The predicted molar refractivity (Wildman–Crippen MR) is 406 cm³/mol. The standard InChI is InChI=1S/C76H108ClN9O25S/c1-47(2)41-60-73(97)109-58(11-10-12-63(89)84-57(43-53-17-22-59(103-9)56(77)42-53)71(95)81-46-76(7,8)74(98)110-60)49(5)68-69(111-68)54-18-13-51(14-19-54)44-80-75(99)108-45-52-15-20-55(21-16-52)83-70(94)50(6)82-72(96)67(48(3)4)85-64(90)25-30-86(31-26-66(92)93)65(91)24-23-61(87)78-28-33-105-35-37-107-39-38-106-36-34-104-32-27-62(88)79-29-40-112(100,101)102/h10,12-22,42,47-50,57-58,60,67-69H,11,23-41,43-46H2,1-9H3,(H,78,87)(H,79,88)(H,80,99)(H,81,95)(H,82,96)(H,83,94)(H,84,89)(H,85,90)(H,92,93)(H,100,101,102)/b12-10+/t49-,50-,57+,58-,60-,67-,68+,69+/m0/s1. The lowest BCUT2D eigenvalue weighted by atomic mass is 9.92. The molecule has 1 saturated heterocycles. The average molecular weight is 1620 g/mol. The second-order valence-electron chi connectivity index (χ2n) is 28.2. The highest BCUT2D eigenvalue weighted by molar-refractivity contribution is 7.85. The van der Waals surface area contributed by atoms with Crippen LogP contribution in [0, 0.1) is 23.2 Å². The lowest BCUT2D eigenvalue weighted by Crippen LogP contribution is -2.54. The molecule has 2 aliphatic rings. The van der Waals surface area contributed by atoms with Crippen LogP contribution in [0.3, 0.4) is 0 Å². The number of carboxylic acids is 1. The number of nitrogens with zero attached hydrogens (tertiary/aromatic N) is 1. The van der Waals surface area contributed by atoms with E-state index in [1.54, 1.807) is 76.2 Å². The zero-order valence-electron chi connectivity index (χ0n) is 64.8. The number of hydrogen-bond acceptors (Lipinski definition) is 23. The first-order valence-electron chi connectivity index (χ1n) is 37.0. The van der Waals surface area contributed by atoms with Crippen molar-refractivity contribution in [3.63, 3.8) is 0 Å². The summed E-state index contributed by atoms with van der Waals surface area (Å²) in [5.41, 5.74) is 1.85. The predicted octanol–water partition coefficient (Wildman–Crippen LogP) is 4.18. The van der Waals surface area contributed by atoms with Gasteiger partial charge in [-0.3, -0.25) is 52.5 Å². The topological polar surface area (TPSA) is 465 Å². The van der Waals surface area contributed by atoms with E-state index in [0.717, 1.165) is 16.0 Å². The molecule has 0 aromatic heterocycles. The molecule has 36 heteroatoms. The van der Waals surface area contributed by atoms with E-state index in [9.17, 15) is 71.1 Å². The van der Waals surface area contributed by atoms with Gasteiger partial charge >= 0.3 is 24.0 Å². The van der Waals surface area contributed by atoms with Gasteiger partial charge in [0.2, 0.25) is 47.3 Å². The molecule has 0 spiro atoms. The van der Waals surface area contributed by atoms with Crippen molar-refractivity contribution in [2.24, 2.45) is 23.2 Å². The first-order valence-corrected chi connectivity index (χ1v) is 39.0. The molecule has 0 radical (unpaired) electrons. The molecular formula is C76H108ClN9O25S. The van der Waals surface area contributed by atoms with Crippen LogP contribution in [0.15, 0.2) is 78.9 Å². The van der Waals surface area contributed by atoms with Gasteiger partial charge in [0, 0.05) is 89.4 Å². The van der Waals surface area contributed by atoms with E-state index in [1.165, 1.54) is 20.1 Å². The summed E-state index contributed by atoms with van der Waals surface area (Å²) in [6, 6.07) is 15.5. The number of cyclic esters (lactones) is 2. The molecule has 3 aromatic carbocycles. The molecule has 5 rings (SSSR count). The molecule has 8 atom stereocenters. The summed E-state index contributed by atoms with van der Waals surface area (Å²) in [4.78, 5) is 158. The number of carbonyl (C=O) groups is 12. The Morgan fingerprint density at radius 3 is 1.95 bits per heavy atom. The molecule has 620 valence electrons. The Bertz CT molecular complexity index is 3770. The fourth-order valence-corrected chi connectivity index (χ4v) is 11.6. The first kappa shape index (κ1) is 93.2. The van der Waals surface area contributed by atoms with Gasteiger partial charge in [-0.2, -0.15) is 8.42 Å². The van der Waals surface area contributed by atoms with Gasteiger partial charge in [0.1, 0.15) is 42.7 Å². The molecule has 9 amide bonds. The van der Waals surface area contributed by atoms with Gasteiger partial charge < -0.3 is 95.2 Å². The maximum absolute atomic E-state index is 14.0. The molecule has 10 N–H and O–H groups in total. The first-order chi connectivity index (χ1) is 53.1. The number of aliphatic carboxylic acids is 1. The number of hydrogen-bond donors (Lipinski definition) is 10. The van der Waals surface area contributed by atoms with Crippen LogP contribution in [0.5, 0.6) is 5.75 Å². The third kappa shape index (κ3) is 35.6. The van der Waals surface area contributed by atoms with Crippen LogP contribution >= 0.6 is 11.6 Å². The van der Waals surface area contributed by atoms with E-state index >= 15 is 0 Å². The molecule has 0 saturated carbocycles. The summed E-state index contributed by atoms with van der Waals surface area (Å²) in [5.74, 6) is -8.30. The molecule has 112 heavy (non-hydrogen) atoms. The lowest BCUT2D eigenvalue weighted by molar-refractivity contribution is -0.179. The monoisotopic (exact) mass is 1610 g/mol. The minimum absolute atomic E-state index is 0.00877. The largest absolute Gasteiger partial charge is 0.495 e. The fourth-order valence-electron chi connectivity index (χ4n) is 11.0. The number of epoxide rings is 1. The van der Waals surface area contributed by atoms with Crippen LogP contribution in [-0.2, 0) is 120 Å². The molecule has 2 aliphatic heterocycles. The summed E-state index contributed by atoms with van der Waals surface area (Å²) < 4.78 is 80.5. The summed E-state index contributed by atoms with van der Waals surface area (Å²) >= 11 is 6.39. The quantitative estimate of drug-likeness (QED) is 0.0125. The van der Waals surface area contributed by atoms with E-state index in [2.05, 4.69) is 42.5 Å². The van der Waals surface area contributed by atoms with Crippen molar-refractivity contribution in [2.75, 3.05) is 104 Å². The number of benzene rings is 3. The lowest BCUT2D eigenvalue weighted by Gasteiger charge is -2.29. The molecule has 0 bridgehead atoms. The number of alkyl carbamates (subject to hydrolysis) is 1. The Morgan fingerprint density at radius 2 is 1.32 bits per heavy atom. The minimum Gasteiger partial charge on any atom is -0.495 e. The van der Waals surface area contributed by atoms with Gasteiger partial charge in [0.15, 0.2) is 6.10 Å². The van der Waals surface area contributed by atoms with Gasteiger partial charge in [0.05, 0.1) is 88.7 Å². The molecule has 2 heterocycles. The highest BCUT2D eigenvalue weighted by Crippen LogP contribution is 2.45. The van der Waals surface area contributed by atoms with Crippen molar-refractivity contribution < 1.29 is 118 Å². The number of amides is 9. The number of carbonyl (C=O) groups excluding carboxylic acids is 11. The molecule has 3 aromatic rings. The highest BCUT2D eigenvalue weighted by Gasteiger charge is 2.48. The number of nitrogens with one attached hydrogen (secondary N) is 8. The third-order valence-electron chi connectivity index (χ3n) is 17.6. The fraction of sp³-hybridized carbons (Fsp3) is 0.579. The van der Waals surface area contributed by atoms with Crippen molar-refractivity contribution in [3.8, 4) is 5.75 Å². The number of halogens is 1. The van der Waals surface area contributed by atoms with E-state index in [1.807, 2.05) is 45.0 Å². The van der Waals surface area contributed by atoms with E-state index in [0.29, 0.717) is 27.6 Å². The van der Waals surface area contributed by atoms with Crippen LogP contribution < -0.4 is 47.3 Å². The number of rotatable bonds is 45. The Kier molecular flexibility index (Phi) is 39.9. The smallest absolute Gasteiger partial charge is 0.407 e. The number of carboxylic acid groups (broad SMARTS) is 1. The van der Waals surface area contributed by atoms with Crippen molar-refractivity contribution in [1.29, 1.82) is 0 Å². The van der Waals surface area contributed by atoms with Crippen LogP contribution in [0.25, 0.3) is 0 Å². The van der Waals surface area contributed by atoms with Crippen molar-refractivity contribution >= 4 is 98.7 Å².